The predicted octanol–water partition coefficient (Wildman–Crippen LogP) is 4.03. The minimum atomic E-state index is 0.526. The van der Waals surface area contributed by atoms with E-state index in [2.05, 4.69) is 30.1 Å². The average molecular weight is 271 g/mol. The fourth-order valence-corrected chi connectivity index (χ4v) is 1.59. The highest BCUT2D eigenvalue weighted by molar-refractivity contribution is 5.36. The fourth-order valence-electron chi connectivity index (χ4n) is 1.59. The number of nitrogens with zero attached hydrogens (tertiary/aromatic N) is 1. The van der Waals surface area contributed by atoms with Gasteiger partial charge in [-0.2, -0.15) is 0 Å². The molecule has 19 heavy (non-hydrogen) atoms. The summed E-state index contributed by atoms with van der Waals surface area (Å²) in [5.41, 5.74) is 1.17. The number of hydrogen-bond acceptors (Lipinski definition) is 3. The van der Waals surface area contributed by atoms with E-state index in [9.17, 15) is 4.79 Å². The quantitative estimate of drug-likeness (QED) is 0.439. The highest BCUT2D eigenvalue weighted by atomic mass is 16.5. The van der Waals surface area contributed by atoms with Crippen molar-refractivity contribution in [1.82, 2.24) is 4.90 Å². The molecule has 0 aromatic heterocycles. The first-order valence-corrected chi connectivity index (χ1v) is 7.48. The van der Waals surface area contributed by atoms with Crippen molar-refractivity contribution < 1.29 is 9.53 Å². The van der Waals surface area contributed by atoms with Gasteiger partial charge in [0.15, 0.2) is 0 Å². The summed E-state index contributed by atoms with van der Waals surface area (Å²) in [4.78, 5) is 12.2. The minimum Gasteiger partial charge on any atom is -0.467 e. The van der Waals surface area contributed by atoms with Crippen LogP contribution in [-0.4, -0.2) is 37.6 Å². The molecule has 0 amide bonds. The summed E-state index contributed by atoms with van der Waals surface area (Å²) in [6, 6.07) is 0. The molecule has 0 bridgehead atoms. The van der Waals surface area contributed by atoms with Crippen molar-refractivity contribution in [2.24, 2.45) is 0 Å². The molecular weight excluding hydrogens is 238 g/mol. The Morgan fingerprint density at radius 1 is 1.16 bits per heavy atom. The molecule has 114 valence electrons. The second-order valence-electron chi connectivity index (χ2n) is 5.14. The van der Waals surface area contributed by atoms with Gasteiger partial charge in [-0.05, 0) is 39.8 Å². The molecule has 0 aromatic rings. The molecule has 1 rings (SSSR count). The van der Waals surface area contributed by atoms with Crippen molar-refractivity contribution in [3.8, 4) is 0 Å². The Kier molecular flexibility index (Phi) is 18.5. The molecule has 1 aliphatic rings. The maximum atomic E-state index is 9.87. The van der Waals surface area contributed by atoms with E-state index in [-0.39, 0.29) is 0 Å². The van der Waals surface area contributed by atoms with Gasteiger partial charge in [0.05, 0.1) is 0 Å². The second kappa shape index (κ2) is 17.2. The lowest BCUT2D eigenvalue weighted by Crippen LogP contribution is -2.28. The van der Waals surface area contributed by atoms with Crippen molar-refractivity contribution in [1.29, 1.82) is 0 Å². The molecule has 3 nitrogen and oxygen atoms in total. The van der Waals surface area contributed by atoms with Crippen LogP contribution in [0.2, 0.25) is 0 Å². The van der Waals surface area contributed by atoms with Gasteiger partial charge in [-0.25, -0.2) is 0 Å². The van der Waals surface area contributed by atoms with Gasteiger partial charge >= 0.3 is 0 Å². The van der Waals surface area contributed by atoms with E-state index >= 15 is 0 Å². The molecule has 0 saturated carbocycles. The zero-order valence-electron chi connectivity index (χ0n) is 13.4. The van der Waals surface area contributed by atoms with Crippen LogP contribution in [0.25, 0.3) is 0 Å². The summed E-state index contributed by atoms with van der Waals surface area (Å²) in [5.74, 6) is 0. The Balaban J connectivity index is 0. The molecular formula is C16H33NO2. The third-order valence-electron chi connectivity index (χ3n) is 2.29. The molecule has 0 unspecified atom stereocenters. The zero-order chi connectivity index (χ0) is 14.9. The number of carbonyl (C=O) groups excluding carboxylic acids is 1. The summed E-state index contributed by atoms with van der Waals surface area (Å²) in [6.45, 7) is 16.1. The third-order valence-corrected chi connectivity index (χ3v) is 2.29. The molecule has 3 heteroatoms. The first kappa shape index (κ1) is 20.5. The van der Waals surface area contributed by atoms with Crippen LogP contribution >= 0.6 is 0 Å². The van der Waals surface area contributed by atoms with Crippen molar-refractivity contribution in [2.75, 3.05) is 26.2 Å². The molecule has 0 radical (unpaired) electrons. The van der Waals surface area contributed by atoms with Crippen molar-refractivity contribution in [3.63, 3.8) is 0 Å². The van der Waals surface area contributed by atoms with Gasteiger partial charge < -0.3 is 4.74 Å². The number of rotatable bonds is 4. The molecule has 0 N–H and O–H groups in total. The van der Waals surface area contributed by atoms with Crippen LogP contribution in [0.5, 0.6) is 0 Å². The highest BCUT2D eigenvalue weighted by Gasteiger charge is 2.07. The van der Waals surface area contributed by atoms with Gasteiger partial charge in [0.2, 0.25) is 0 Å². The van der Waals surface area contributed by atoms with E-state index in [1.54, 1.807) is 0 Å². The molecule has 1 aliphatic heterocycles. The van der Waals surface area contributed by atoms with Gasteiger partial charge in [-0.3, -0.25) is 9.69 Å². The maximum absolute atomic E-state index is 9.87. The largest absolute Gasteiger partial charge is 0.467 e. The van der Waals surface area contributed by atoms with Crippen LogP contribution in [0.3, 0.4) is 0 Å². The Morgan fingerprint density at radius 3 is 1.95 bits per heavy atom. The van der Waals surface area contributed by atoms with E-state index in [1.807, 2.05) is 13.8 Å². The van der Waals surface area contributed by atoms with Crippen LogP contribution in [0.15, 0.2) is 12.2 Å². The van der Waals surface area contributed by atoms with E-state index in [0.717, 1.165) is 6.54 Å². The number of allylic oxidation sites excluding steroid dienone is 1. The molecule has 0 atom stereocenters. The Hall–Kier alpha value is -0.830. The standard InChI is InChI=1S/C9H17NO2.C4H8.C3H8/c11-9-12-8-7-10-5-3-1-2-4-6-10;1-4(2)3;1-3-2/h9H,1-8H2;1H2,2-3H3;3H2,1-2H3. The number of hydrogen-bond donors (Lipinski definition) is 0. The topological polar surface area (TPSA) is 29.5 Å². The monoisotopic (exact) mass is 271 g/mol. The van der Waals surface area contributed by atoms with E-state index in [0.29, 0.717) is 13.1 Å². The van der Waals surface area contributed by atoms with E-state index in [1.165, 1.54) is 50.8 Å². The van der Waals surface area contributed by atoms with Crippen LogP contribution < -0.4 is 0 Å². The lowest BCUT2D eigenvalue weighted by atomic mass is 10.2. The molecule has 0 aliphatic carbocycles. The smallest absolute Gasteiger partial charge is 0.293 e. The van der Waals surface area contributed by atoms with E-state index < -0.39 is 0 Å². The second-order valence-corrected chi connectivity index (χ2v) is 5.14. The maximum Gasteiger partial charge on any atom is 0.293 e. The van der Waals surface area contributed by atoms with Crippen LogP contribution in [0.4, 0.5) is 0 Å². The molecule has 1 fully saturated rings. The fraction of sp³-hybridized carbons (Fsp3) is 0.812. The lowest BCUT2D eigenvalue weighted by molar-refractivity contribution is -0.129. The number of likely N-dealkylation sites (tertiary alicyclic amines) is 1. The van der Waals surface area contributed by atoms with Crippen LogP contribution in [0.1, 0.15) is 59.8 Å². The molecule has 0 aromatic carbocycles. The van der Waals surface area contributed by atoms with Crippen molar-refractivity contribution in [3.05, 3.63) is 12.2 Å². The van der Waals surface area contributed by atoms with Crippen LogP contribution in [-0.2, 0) is 9.53 Å². The van der Waals surface area contributed by atoms with Crippen LogP contribution in [0, 0.1) is 0 Å². The van der Waals surface area contributed by atoms with Crippen molar-refractivity contribution >= 4 is 6.47 Å². The number of carbonyl (C=O) groups is 1. The van der Waals surface area contributed by atoms with E-state index in [4.69, 9.17) is 0 Å². The zero-order valence-corrected chi connectivity index (χ0v) is 13.4. The van der Waals surface area contributed by atoms with Gasteiger partial charge in [-0.15, -0.1) is 6.58 Å². The van der Waals surface area contributed by atoms with Gasteiger partial charge in [0.25, 0.3) is 6.47 Å². The summed E-state index contributed by atoms with van der Waals surface area (Å²) in [7, 11) is 0. The van der Waals surface area contributed by atoms with Crippen molar-refractivity contribution in [2.45, 2.75) is 59.8 Å². The summed E-state index contributed by atoms with van der Waals surface area (Å²) in [6.07, 6.45) is 6.54. The Labute approximate surface area is 120 Å². The summed E-state index contributed by atoms with van der Waals surface area (Å²) >= 11 is 0. The molecule has 1 heterocycles. The normalized spacial score (nSPS) is 14.9. The number of ether oxygens (including phenoxy) is 1. The summed E-state index contributed by atoms with van der Waals surface area (Å²) in [5, 5.41) is 0. The molecule has 1 saturated heterocycles. The van der Waals surface area contributed by atoms with Gasteiger partial charge in [0, 0.05) is 6.54 Å². The SMILES string of the molecule is C=C(C)C.CCC.O=COCCN1CCCCCC1. The Bertz CT molecular complexity index is 193. The average Bonchev–Trinajstić information content (AvgIpc) is 2.58. The highest BCUT2D eigenvalue weighted by Crippen LogP contribution is 2.08. The van der Waals surface area contributed by atoms with Gasteiger partial charge in [0.1, 0.15) is 6.61 Å². The van der Waals surface area contributed by atoms with Gasteiger partial charge in [-0.1, -0.05) is 38.7 Å². The lowest BCUT2D eigenvalue weighted by Gasteiger charge is -2.18. The predicted molar refractivity (Wildman–Crippen MR) is 83.4 cm³/mol. The summed E-state index contributed by atoms with van der Waals surface area (Å²) < 4.78 is 4.65. The first-order chi connectivity index (χ1) is 9.08. The third kappa shape index (κ3) is 22.8. The molecule has 0 spiro atoms. The Morgan fingerprint density at radius 2 is 1.58 bits per heavy atom. The first-order valence-electron chi connectivity index (χ1n) is 7.48. The minimum absolute atomic E-state index is 0.526.